The molecular weight excluding hydrogens is 418 g/mol. The lowest BCUT2D eigenvalue weighted by atomic mass is 10.0. The van der Waals surface area contributed by atoms with Gasteiger partial charge < -0.3 is 20.3 Å². The Balaban J connectivity index is 1.61. The van der Waals surface area contributed by atoms with Gasteiger partial charge in [0.25, 0.3) is 11.8 Å². The van der Waals surface area contributed by atoms with Crippen LogP contribution in [0.1, 0.15) is 46.4 Å². The molecule has 0 saturated carbocycles. The molecular formula is C25H29N5O3. The summed E-state index contributed by atoms with van der Waals surface area (Å²) >= 11 is 0. The van der Waals surface area contributed by atoms with Gasteiger partial charge in [-0.15, -0.1) is 0 Å². The number of ether oxygens (including phenoxy) is 1. The Morgan fingerprint density at radius 2 is 2.03 bits per heavy atom. The highest BCUT2D eigenvalue weighted by atomic mass is 16.5. The number of para-hydroxylation sites is 1. The van der Waals surface area contributed by atoms with E-state index in [1.165, 1.54) is 0 Å². The Bertz CT molecular complexity index is 1160. The summed E-state index contributed by atoms with van der Waals surface area (Å²) < 4.78 is 5.99. The summed E-state index contributed by atoms with van der Waals surface area (Å²) in [6.07, 6.45) is 1.19. The molecule has 1 atom stereocenters. The third-order valence-corrected chi connectivity index (χ3v) is 5.60. The quantitative estimate of drug-likeness (QED) is 0.602. The van der Waals surface area contributed by atoms with Crippen LogP contribution in [-0.2, 0) is 4.74 Å². The minimum atomic E-state index is -0.422. The number of amides is 2. The van der Waals surface area contributed by atoms with E-state index in [9.17, 15) is 9.59 Å². The van der Waals surface area contributed by atoms with Gasteiger partial charge in [0.05, 0.1) is 29.9 Å². The fraction of sp³-hybridized carbons (Fsp3) is 0.360. The molecule has 1 aliphatic heterocycles. The van der Waals surface area contributed by atoms with Crippen molar-refractivity contribution in [1.82, 2.24) is 20.2 Å². The van der Waals surface area contributed by atoms with E-state index in [2.05, 4.69) is 29.5 Å². The van der Waals surface area contributed by atoms with Gasteiger partial charge in [0, 0.05) is 37.3 Å². The largest absolute Gasteiger partial charge is 0.373 e. The van der Waals surface area contributed by atoms with E-state index in [4.69, 9.17) is 9.72 Å². The monoisotopic (exact) mass is 447 g/mol. The van der Waals surface area contributed by atoms with E-state index in [1.807, 2.05) is 24.3 Å². The first-order valence-corrected chi connectivity index (χ1v) is 11.2. The average molecular weight is 448 g/mol. The van der Waals surface area contributed by atoms with Crippen molar-refractivity contribution < 1.29 is 14.3 Å². The molecule has 2 N–H and O–H groups in total. The van der Waals surface area contributed by atoms with Gasteiger partial charge in [0.15, 0.2) is 0 Å². The van der Waals surface area contributed by atoms with Crippen molar-refractivity contribution in [1.29, 1.82) is 0 Å². The van der Waals surface area contributed by atoms with Gasteiger partial charge >= 0.3 is 0 Å². The second-order valence-electron chi connectivity index (χ2n) is 8.51. The first-order chi connectivity index (χ1) is 16.0. The van der Waals surface area contributed by atoms with Crippen LogP contribution in [0.15, 0.2) is 48.7 Å². The number of morpholine rings is 1. The fourth-order valence-electron chi connectivity index (χ4n) is 3.84. The molecule has 1 aromatic carbocycles. The minimum absolute atomic E-state index is 0.0853. The topological polar surface area (TPSA) is 96.5 Å². The highest BCUT2D eigenvalue weighted by Crippen LogP contribution is 2.27. The third-order valence-electron chi connectivity index (χ3n) is 5.60. The molecule has 0 aliphatic carbocycles. The summed E-state index contributed by atoms with van der Waals surface area (Å²) in [4.78, 5) is 36.8. The first-order valence-electron chi connectivity index (χ1n) is 11.2. The van der Waals surface area contributed by atoms with Gasteiger partial charge in [-0.2, -0.15) is 0 Å². The zero-order valence-corrected chi connectivity index (χ0v) is 19.2. The average Bonchev–Trinajstić information content (AvgIpc) is 2.86. The molecule has 8 nitrogen and oxygen atoms in total. The van der Waals surface area contributed by atoms with Gasteiger partial charge in [0.1, 0.15) is 11.9 Å². The van der Waals surface area contributed by atoms with Crippen LogP contribution in [0.5, 0.6) is 0 Å². The Labute approximate surface area is 193 Å². The molecule has 3 aromatic rings. The lowest BCUT2D eigenvalue weighted by Crippen LogP contribution is -2.42. The molecule has 33 heavy (non-hydrogen) atoms. The number of benzene rings is 1. The van der Waals surface area contributed by atoms with E-state index in [0.717, 1.165) is 10.9 Å². The number of hydrogen-bond acceptors (Lipinski definition) is 6. The van der Waals surface area contributed by atoms with Crippen LogP contribution >= 0.6 is 0 Å². The number of hydrogen-bond donors (Lipinski definition) is 2. The van der Waals surface area contributed by atoms with Crippen LogP contribution < -0.4 is 10.6 Å². The van der Waals surface area contributed by atoms with E-state index < -0.39 is 6.10 Å². The van der Waals surface area contributed by atoms with E-state index in [0.29, 0.717) is 54.8 Å². The number of carbonyl (C=O) groups is 2. The molecule has 0 unspecified atom stereocenters. The smallest absolute Gasteiger partial charge is 0.254 e. The second kappa shape index (κ2) is 9.95. The van der Waals surface area contributed by atoms with Crippen LogP contribution in [0.2, 0.25) is 0 Å². The molecule has 2 aromatic heterocycles. The second-order valence-corrected chi connectivity index (χ2v) is 8.51. The number of pyridine rings is 2. The van der Waals surface area contributed by atoms with Crippen LogP contribution in [0.25, 0.3) is 10.9 Å². The Kier molecular flexibility index (Phi) is 6.84. The fourth-order valence-corrected chi connectivity index (χ4v) is 3.84. The van der Waals surface area contributed by atoms with Gasteiger partial charge in [-0.1, -0.05) is 32.0 Å². The first kappa shape index (κ1) is 22.7. The van der Waals surface area contributed by atoms with Crippen molar-refractivity contribution >= 4 is 28.5 Å². The maximum absolute atomic E-state index is 13.1. The summed E-state index contributed by atoms with van der Waals surface area (Å²) in [6, 6.07) is 12.8. The zero-order valence-electron chi connectivity index (χ0n) is 19.2. The Morgan fingerprint density at radius 3 is 2.82 bits per heavy atom. The number of nitrogens with one attached hydrogen (secondary N) is 2. The van der Waals surface area contributed by atoms with Gasteiger partial charge in [0.2, 0.25) is 0 Å². The van der Waals surface area contributed by atoms with Crippen molar-refractivity contribution in [3.8, 4) is 0 Å². The maximum atomic E-state index is 13.1. The van der Waals surface area contributed by atoms with Crippen LogP contribution in [0, 0.1) is 5.92 Å². The number of aromatic nitrogens is 2. The molecule has 1 fully saturated rings. The van der Waals surface area contributed by atoms with E-state index in [-0.39, 0.29) is 11.8 Å². The van der Waals surface area contributed by atoms with E-state index >= 15 is 0 Å². The number of anilines is 1. The predicted octanol–water partition coefficient (Wildman–Crippen LogP) is 3.27. The maximum Gasteiger partial charge on any atom is 0.254 e. The third kappa shape index (κ3) is 5.12. The highest BCUT2D eigenvalue weighted by Gasteiger charge is 2.28. The standard InChI is InChI=1S/C25H29N5O3/c1-16(2)14-28-24(31)19-13-21(29-20-7-5-4-6-18(19)20)22-15-30(10-11-33-22)25(32)17-8-9-27-23(12-17)26-3/h4-9,12-13,16,22H,10-11,14-15H2,1-3H3,(H,26,27)(H,28,31)/t22-/m0/s1. The molecule has 172 valence electrons. The normalized spacial score (nSPS) is 16.1. The van der Waals surface area contributed by atoms with Crippen LogP contribution in [0.4, 0.5) is 5.82 Å². The minimum Gasteiger partial charge on any atom is -0.373 e. The highest BCUT2D eigenvalue weighted by molar-refractivity contribution is 6.06. The lowest BCUT2D eigenvalue weighted by Gasteiger charge is -2.33. The van der Waals surface area contributed by atoms with Crippen LogP contribution in [0.3, 0.4) is 0 Å². The molecule has 0 spiro atoms. The number of nitrogens with zero attached hydrogens (tertiary/aromatic N) is 3. The van der Waals surface area contributed by atoms with Crippen molar-refractivity contribution in [3.05, 3.63) is 65.5 Å². The SMILES string of the molecule is CNc1cc(C(=O)N2CCO[C@H](c3cc(C(=O)NCC(C)C)c4ccccc4n3)C2)ccn1. The molecule has 8 heteroatoms. The Hall–Kier alpha value is -3.52. The van der Waals surface area contributed by atoms with Gasteiger partial charge in [-0.05, 0) is 30.2 Å². The Morgan fingerprint density at radius 1 is 1.21 bits per heavy atom. The van der Waals surface area contributed by atoms with Gasteiger partial charge in [-0.25, -0.2) is 9.97 Å². The van der Waals surface area contributed by atoms with Gasteiger partial charge in [-0.3, -0.25) is 9.59 Å². The van der Waals surface area contributed by atoms with Crippen LogP contribution in [-0.4, -0.2) is 60.0 Å². The predicted molar refractivity (Wildman–Crippen MR) is 127 cm³/mol. The summed E-state index contributed by atoms with van der Waals surface area (Å²) in [5, 5.41) is 6.75. The van der Waals surface area contributed by atoms with Crippen molar-refractivity contribution in [2.75, 3.05) is 38.6 Å². The molecule has 2 amide bonds. The number of rotatable bonds is 6. The molecule has 1 saturated heterocycles. The molecule has 0 bridgehead atoms. The molecule has 4 rings (SSSR count). The molecule has 3 heterocycles. The summed E-state index contributed by atoms with van der Waals surface area (Å²) in [7, 11) is 1.77. The summed E-state index contributed by atoms with van der Waals surface area (Å²) in [5.41, 5.74) is 2.50. The molecule has 0 radical (unpaired) electrons. The summed E-state index contributed by atoms with van der Waals surface area (Å²) in [6.45, 7) is 5.94. The number of carbonyl (C=O) groups excluding carboxylic acids is 2. The molecule has 1 aliphatic rings. The number of fused-ring (bicyclic) bond motifs is 1. The van der Waals surface area contributed by atoms with Crippen molar-refractivity contribution in [2.24, 2.45) is 5.92 Å². The lowest BCUT2D eigenvalue weighted by molar-refractivity contribution is -0.0246. The van der Waals surface area contributed by atoms with E-state index in [1.54, 1.807) is 36.3 Å². The van der Waals surface area contributed by atoms with Crippen molar-refractivity contribution in [3.63, 3.8) is 0 Å². The van der Waals surface area contributed by atoms with Crippen molar-refractivity contribution in [2.45, 2.75) is 20.0 Å². The zero-order chi connectivity index (χ0) is 23.4. The summed E-state index contributed by atoms with van der Waals surface area (Å²) in [5.74, 6) is 0.764.